The second kappa shape index (κ2) is 6.64. The first-order valence-electron chi connectivity index (χ1n) is 9.16. The monoisotopic (exact) mass is 376 g/mol. The van der Waals surface area contributed by atoms with Crippen LogP contribution < -0.4 is 14.2 Å². The number of para-hydroxylation sites is 2. The Morgan fingerprint density at radius 1 is 0.964 bits per heavy atom. The zero-order valence-electron chi connectivity index (χ0n) is 15.7. The number of rotatable bonds is 4. The Hall–Kier alpha value is -3.41. The van der Waals surface area contributed by atoms with Gasteiger partial charge >= 0.3 is 0 Å². The van der Waals surface area contributed by atoms with Gasteiger partial charge in [-0.15, -0.1) is 0 Å². The number of nitrogens with zero attached hydrogens (tertiary/aromatic N) is 2. The van der Waals surface area contributed by atoms with Gasteiger partial charge in [-0.1, -0.05) is 24.3 Å². The summed E-state index contributed by atoms with van der Waals surface area (Å²) in [6.45, 7) is 0. The number of furan rings is 1. The normalized spacial score (nSPS) is 20.1. The molecule has 0 saturated carbocycles. The van der Waals surface area contributed by atoms with E-state index in [2.05, 4.69) is 6.07 Å². The van der Waals surface area contributed by atoms with E-state index in [1.807, 2.05) is 53.5 Å². The lowest BCUT2D eigenvalue weighted by Crippen LogP contribution is -2.34. The first kappa shape index (κ1) is 16.7. The maximum atomic E-state index is 6.39. The van der Waals surface area contributed by atoms with Gasteiger partial charge in [0.15, 0.2) is 11.5 Å². The summed E-state index contributed by atoms with van der Waals surface area (Å²) in [4.78, 5) is 0. The SMILES string of the molecule is COc1cccc([C@H]2Oc3ccccc3[C@H]3CC(c4ccco4)=NN32)c1OC. The Balaban J connectivity index is 1.64. The van der Waals surface area contributed by atoms with Gasteiger partial charge in [-0.05, 0) is 30.3 Å². The first-order chi connectivity index (χ1) is 13.8. The van der Waals surface area contributed by atoms with Crippen molar-refractivity contribution in [2.24, 2.45) is 5.10 Å². The summed E-state index contributed by atoms with van der Waals surface area (Å²) < 4.78 is 23.1. The van der Waals surface area contributed by atoms with Crippen molar-refractivity contribution >= 4 is 5.71 Å². The molecule has 2 atom stereocenters. The Morgan fingerprint density at radius 3 is 2.61 bits per heavy atom. The Kier molecular flexibility index (Phi) is 3.97. The Labute approximate surface area is 162 Å². The number of hydrazone groups is 1. The van der Waals surface area contributed by atoms with Crippen LogP contribution in [0.5, 0.6) is 17.2 Å². The van der Waals surface area contributed by atoms with Crippen molar-refractivity contribution in [2.75, 3.05) is 14.2 Å². The van der Waals surface area contributed by atoms with Crippen LogP contribution in [0.2, 0.25) is 0 Å². The van der Waals surface area contributed by atoms with E-state index in [9.17, 15) is 0 Å². The maximum absolute atomic E-state index is 6.39. The molecular weight excluding hydrogens is 356 g/mol. The fourth-order valence-corrected chi connectivity index (χ4v) is 3.94. The summed E-state index contributed by atoms with van der Waals surface area (Å²) >= 11 is 0. The molecule has 1 aromatic heterocycles. The lowest BCUT2D eigenvalue weighted by molar-refractivity contribution is -0.0205. The number of ether oxygens (including phenoxy) is 3. The van der Waals surface area contributed by atoms with Gasteiger partial charge in [0.1, 0.15) is 17.2 Å². The molecule has 6 heteroatoms. The summed E-state index contributed by atoms with van der Waals surface area (Å²) in [6.07, 6.45) is 1.98. The first-order valence-corrected chi connectivity index (χ1v) is 9.16. The maximum Gasteiger partial charge on any atom is 0.217 e. The van der Waals surface area contributed by atoms with Crippen molar-refractivity contribution in [1.82, 2.24) is 5.01 Å². The van der Waals surface area contributed by atoms with Crippen LogP contribution >= 0.6 is 0 Å². The highest BCUT2D eigenvalue weighted by Gasteiger charge is 2.42. The highest BCUT2D eigenvalue weighted by atomic mass is 16.5. The van der Waals surface area contributed by atoms with Crippen molar-refractivity contribution < 1.29 is 18.6 Å². The summed E-state index contributed by atoms with van der Waals surface area (Å²) in [7, 11) is 3.27. The van der Waals surface area contributed by atoms with Gasteiger partial charge in [-0.2, -0.15) is 5.10 Å². The van der Waals surface area contributed by atoms with Gasteiger partial charge in [0.05, 0.1) is 32.1 Å². The van der Waals surface area contributed by atoms with Gasteiger partial charge in [-0.3, -0.25) is 0 Å². The molecule has 3 aromatic rings. The molecule has 0 fully saturated rings. The van der Waals surface area contributed by atoms with E-state index in [1.54, 1.807) is 20.5 Å². The second-order valence-corrected chi connectivity index (χ2v) is 6.71. The van der Waals surface area contributed by atoms with Crippen LogP contribution in [0.3, 0.4) is 0 Å². The lowest BCUT2D eigenvalue weighted by Gasteiger charge is -2.38. The molecule has 0 aliphatic carbocycles. The van der Waals surface area contributed by atoms with Crippen LogP contribution in [-0.4, -0.2) is 24.9 Å². The highest BCUT2D eigenvalue weighted by Crippen LogP contribution is 2.49. The number of hydrogen-bond donors (Lipinski definition) is 0. The van der Waals surface area contributed by atoms with Gasteiger partial charge in [0.2, 0.25) is 6.23 Å². The lowest BCUT2D eigenvalue weighted by atomic mass is 9.97. The van der Waals surface area contributed by atoms with Crippen molar-refractivity contribution in [3.8, 4) is 17.2 Å². The molecule has 28 heavy (non-hydrogen) atoms. The van der Waals surface area contributed by atoms with Crippen molar-refractivity contribution in [3.63, 3.8) is 0 Å². The molecule has 0 N–H and O–H groups in total. The minimum absolute atomic E-state index is 0.0611. The summed E-state index contributed by atoms with van der Waals surface area (Å²) in [5.74, 6) is 2.95. The van der Waals surface area contributed by atoms with Crippen LogP contribution in [0, 0.1) is 0 Å². The third-order valence-electron chi connectivity index (χ3n) is 5.20. The zero-order valence-corrected chi connectivity index (χ0v) is 15.7. The Bertz CT molecular complexity index is 1030. The van der Waals surface area contributed by atoms with E-state index in [-0.39, 0.29) is 6.04 Å². The number of fused-ring (bicyclic) bond motifs is 3. The average Bonchev–Trinajstić information content (AvgIpc) is 3.42. The van der Waals surface area contributed by atoms with E-state index in [4.69, 9.17) is 23.7 Å². The number of benzene rings is 2. The summed E-state index contributed by atoms with van der Waals surface area (Å²) in [5.41, 5.74) is 2.89. The van der Waals surface area contributed by atoms with Crippen molar-refractivity contribution in [3.05, 3.63) is 77.7 Å². The average molecular weight is 376 g/mol. The molecule has 0 amide bonds. The predicted octanol–water partition coefficient (Wildman–Crippen LogP) is 4.54. The molecule has 0 saturated heterocycles. The van der Waals surface area contributed by atoms with Crippen LogP contribution in [0.1, 0.15) is 35.6 Å². The van der Waals surface area contributed by atoms with Gasteiger partial charge in [0, 0.05) is 12.0 Å². The molecule has 0 unspecified atom stereocenters. The fourth-order valence-electron chi connectivity index (χ4n) is 3.94. The van der Waals surface area contributed by atoms with Crippen LogP contribution in [0.15, 0.2) is 70.4 Å². The molecule has 2 aromatic carbocycles. The van der Waals surface area contributed by atoms with Crippen molar-refractivity contribution in [1.29, 1.82) is 0 Å². The molecule has 0 radical (unpaired) electrons. The number of methoxy groups -OCH3 is 2. The highest BCUT2D eigenvalue weighted by molar-refractivity contribution is 5.99. The fraction of sp³-hybridized carbons (Fsp3) is 0.227. The van der Waals surface area contributed by atoms with Gasteiger partial charge in [-0.25, -0.2) is 5.01 Å². The third-order valence-corrected chi connectivity index (χ3v) is 5.20. The molecule has 2 aliphatic rings. The Morgan fingerprint density at radius 2 is 1.82 bits per heavy atom. The van der Waals surface area contributed by atoms with Crippen molar-refractivity contribution in [2.45, 2.75) is 18.7 Å². The summed E-state index contributed by atoms with van der Waals surface area (Å²) in [6, 6.07) is 17.8. The van der Waals surface area contributed by atoms with Gasteiger partial charge in [0.25, 0.3) is 0 Å². The summed E-state index contributed by atoms with van der Waals surface area (Å²) in [5, 5.41) is 6.87. The molecule has 6 nitrogen and oxygen atoms in total. The zero-order chi connectivity index (χ0) is 19.1. The predicted molar refractivity (Wildman–Crippen MR) is 104 cm³/mol. The standard InChI is InChI=1S/C22H20N2O4/c1-25-20-10-5-8-15(21(20)26-2)22-24-17(14-7-3-4-9-18(14)28-22)13-16(23-24)19-11-6-12-27-19/h3-12,17,22H,13H2,1-2H3/t17-,22-/m1/s1. The third kappa shape index (κ3) is 2.52. The van der Waals surface area contributed by atoms with Crippen LogP contribution in [0.4, 0.5) is 0 Å². The minimum atomic E-state index is -0.433. The smallest absolute Gasteiger partial charge is 0.217 e. The van der Waals surface area contributed by atoms with E-state index in [0.29, 0.717) is 11.5 Å². The van der Waals surface area contributed by atoms with Gasteiger partial charge < -0.3 is 18.6 Å². The van der Waals surface area contributed by atoms with Crippen LogP contribution in [-0.2, 0) is 0 Å². The molecule has 0 bridgehead atoms. The van der Waals surface area contributed by atoms with E-state index in [0.717, 1.165) is 34.8 Å². The van der Waals surface area contributed by atoms with E-state index >= 15 is 0 Å². The van der Waals surface area contributed by atoms with E-state index in [1.165, 1.54) is 0 Å². The quantitative estimate of drug-likeness (QED) is 0.669. The molecular formula is C22H20N2O4. The molecule has 2 aliphatic heterocycles. The largest absolute Gasteiger partial charge is 0.493 e. The van der Waals surface area contributed by atoms with E-state index < -0.39 is 6.23 Å². The molecule has 3 heterocycles. The molecule has 0 spiro atoms. The second-order valence-electron chi connectivity index (χ2n) is 6.71. The topological polar surface area (TPSA) is 56.4 Å². The molecule has 5 rings (SSSR count). The minimum Gasteiger partial charge on any atom is -0.493 e. The number of hydrogen-bond acceptors (Lipinski definition) is 6. The molecule has 142 valence electrons. The van der Waals surface area contributed by atoms with Crippen LogP contribution in [0.25, 0.3) is 0 Å².